The third-order valence-electron chi connectivity index (χ3n) is 4.80. The number of guanidine groups is 1. The molecule has 0 spiro atoms. The Morgan fingerprint density at radius 2 is 2.03 bits per heavy atom. The minimum Gasteiger partial charge on any atom is -0.478 e. The zero-order chi connectivity index (χ0) is 20.9. The molecule has 2 heterocycles. The lowest BCUT2D eigenvalue weighted by atomic mass is 10.1. The van der Waals surface area contributed by atoms with Gasteiger partial charge in [0.15, 0.2) is 5.96 Å². The van der Waals surface area contributed by atoms with Crippen molar-refractivity contribution in [1.29, 1.82) is 0 Å². The predicted octanol–water partition coefficient (Wildman–Crippen LogP) is 2.81. The highest BCUT2D eigenvalue weighted by molar-refractivity contribution is 5.80. The standard InChI is InChI=1S/C22H39N5O2/c1-5-14-29-21-8-7-19(16-24-21)17-25-22(23-6-2)26-20-9-11-27(12-10-20)13-15-28-18(3)4/h7-8,16,18,20H,5-6,9-15,17H2,1-4H3,(H2,23,25,26). The number of aromatic nitrogens is 1. The Morgan fingerprint density at radius 3 is 2.66 bits per heavy atom. The van der Waals surface area contributed by atoms with Crippen LogP contribution in [0.4, 0.5) is 0 Å². The molecule has 0 radical (unpaired) electrons. The number of rotatable bonds is 11. The summed E-state index contributed by atoms with van der Waals surface area (Å²) >= 11 is 0. The monoisotopic (exact) mass is 405 g/mol. The van der Waals surface area contributed by atoms with E-state index in [2.05, 4.69) is 48.2 Å². The van der Waals surface area contributed by atoms with Crippen molar-refractivity contribution in [2.24, 2.45) is 4.99 Å². The fraction of sp³-hybridized carbons (Fsp3) is 0.727. The van der Waals surface area contributed by atoms with Crippen LogP contribution in [0, 0.1) is 0 Å². The van der Waals surface area contributed by atoms with E-state index in [4.69, 9.17) is 14.5 Å². The summed E-state index contributed by atoms with van der Waals surface area (Å²) in [7, 11) is 0. The van der Waals surface area contributed by atoms with E-state index >= 15 is 0 Å². The Morgan fingerprint density at radius 1 is 1.24 bits per heavy atom. The van der Waals surface area contributed by atoms with Crippen LogP contribution in [-0.4, -0.2) is 67.4 Å². The number of piperidine rings is 1. The van der Waals surface area contributed by atoms with Crippen molar-refractivity contribution >= 4 is 5.96 Å². The van der Waals surface area contributed by atoms with Crippen molar-refractivity contribution < 1.29 is 9.47 Å². The summed E-state index contributed by atoms with van der Waals surface area (Å²) in [6, 6.07) is 4.40. The van der Waals surface area contributed by atoms with Crippen molar-refractivity contribution in [3.63, 3.8) is 0 Å². The molecule has 0 atom stereocenters. The van der Waals surface area contributed by atoms with Crippen LogP contribution >= 0.6 is 0 Å². The molecule has 0 bridgehead atoms. The van der Waals surface area contributed by atoms with Gasteiger partial charge in [-0.05, 0) is 45.6 Å². The molecule has 1 aliphatic rings. The molecule has 2 rings (SSSR count). The van der Waals surface area contributed by atoms with Crippen molar-refractivity contribution in [2.75, 3.05) is 39.4 Å². The molecule has 0 unspecified atom stereocenters. The van der Waals surface area contributed by atoms with Crippen LogP contribution in [0.2, 0.25) is 0 Å². The molecule has 1 saturated heterocycles. The second-order valence-electron chi connectivity index (χ2n) is 7.73. The van der Waals surface area contributed by atoms with Gasteiger partial charge in [-0.1, -0.05) is 13.0 Å². The molecule has 164 valence electrons. The lowest BCUT2D eigenvalue weighted by molar-refractivity contribution is 0.0532. The number of pyridine rings is 1. The van der Waals surface area contributed by atoms with Crippen LogP contribution in [0.15, 0.2) is 23.3 Å². The van der Waals surface area contributed by atoms with Gasteiger partial charge in [0.2, 0.25) is 5.88 Å². The van der Waals surface area contributed by atoms with E-state index in [1.165, 1.54) is 0 Å². The van der Waals surface area contributed by atoms with Crippen LogP contribution in [-0.2, 0) is 11.3 Å². The third-order valence-corrected chi connectivity index (χ3v) is 4.80. The van der Waals surface area contributed by atoms with Gasteiger partial charge in [-0.15, -0.1) is 0 Å². The molecule has 0 saturated carbocycles. The summed E-state index contributed by atoms with van der Waals surface area (Å²) in [6.45, 7) is 14.5. The fourth-order valence-electron chi connectivity index (χ4n) is 3.20. The average Bonchev–Trinajstić information content (AvgIpc) is 2.72. The van der Waals surface area contributed by atoms with Crippen molar-refractivity contribution in [1.82, 2.24) is 20.5 Å². The minimum atomic E-state index is 0.309. The number of aliphatic imine (C=N–C) groups is 1. The minimum absolute atomic E-state index is 0.309. The summed E-state index contributed by atoms with van der Waals surface area (Å²) in [5.41, 5.74) is 1.08. The maximum atomic E-state index is 5.67. The Balaban J connectivity index is 1.77. The number of nitrogens with one attached hydrogen (secondary N) is 2. The van der Waals surface area contributed by atoms with Crippen molar-refractivity contribution in [3.05, 3.63) is 23.9 Å². The summed E-state index contributed by atoms with van der Waals surface area (Å²) in [4.78, 5) is 11.6. The van der Waals surface area contributed by atoms with E-state index in [0.29, 0.717) is 31.2 Å². The van der Waals surface area contributed by atoms with Gasteiger partial charge in [0, 0.05) is 44.5 Å². The lowest BCUT2D eigenvalue weighted by Crippen LogP contribution is -2.49. The zero-order valence-electron chi connectivity index (χ0n) is 18.6. The third kappa shape index (κ3) is 9.45. The van der Waals surface area contributed by atoms with Gasteiger partial charge < -0.3 is 25.0 Å². The van der Waals surface area contributed by atoms with E-state index in [0.717, 1.165) is 63.6 Å². The van der Waals surface area contributed by atoms with Gasteiger partial charge >= 0.3 is 0 Å². The lowest BCUT2D eigenvalue weighted by Gasteiger charge is -2.33. The topological polar surface area (TPSA) is 71.0 Å². The fourth-order valence-corrected chi connectivity index (χ4v) is 3.20. The van der Waals surface area contributed by atoms with Gasteiger partial charge in [0.1, 0.15) is 0 Å². The van der Waals surface area contributed by atoms with Gasteiger partial charge in [-0.25, -0.2) is 9.98 Å². The molecule has 1 fully saturated rings. The van der Waals surface area contributed by atoms with Crippen LogP contribution in [0.1, 0.15) is 52.5 Å². The highest BCUT2D eigenvalue weighted by atomic mass is 16.5. The second-order valence-corrected chi connectivity index (χ2v) is 7.73. The molecule has 29 heavy (non-hydrogen) atoms. The van der Waals surface area contributed by atoms with Gasteiger partial charge in [-0.3, -0.25) is 0 Å². The smallest absolute Gasteiger partial charge is 0.213 e. The van der Waals surface area contributed by atoms with E-state index < -0.39 is 0 Å². The molecule has 0 amide bonds. The van der Waals surface area contributed by atoms with Gasteiger partial charge in [0.05, 0.1) is 25.9 Å². The molecule has 1 aromatic rings. The molecular formula is C22H39N5O2. The zero-order valence-corrected chi connectivity index (χ0v) is 18.6. The molecule has 1 aliphatic heterocycles. The summed E-state index contributed by atoms with van der Waals surface area (Å²) in [5, 5.41) is 6.95. The van der Waals surface area contributed by atoms with E-state index in [1.807, 2.05) is 18.3 Å². The number of likely N-dealkylation sites (tertiary alicyclic amines) is 1. The summed E-state index contributed by atoms with van der Waals surface area (Å²) in [5.74, 6) is 1.55. The van der Waals surface area contributed by atoms with Crippen LogP contribution in [0.25, 0.3) is 0 Å². The quantitative estimate of drug-likeness (QED) is 0.436. The first-order valence-corrected chi connectivity index (χ1v) is 11.1. The Hall–Kier alpha value is -1.86. The first-order valence-electron chi connectivity index (χ1n) is 11.1. The first kappa shape index (κ1) is 23.4. The molecule has 0 aliphatic carbocycles. The molecule has 7 nitrogen and oxygen atoms in total. The maximum Gasteiger partial charge on any atom is 0.213 e. The van der Waals surface area contributed by atoms with E-state index in [1.54, 1.807) is 0 Å². The molecule has 1 aromatic heterocycles. The van der Waals surface area contributed by atoms with Gasteiger partial charge in [0.25, 0.3) is 0 Å². The number of hydrogen-bond acceptors (Lipinski definition) is 5. The number of nitrogens with zero attached hydrogens (tertiary/aromatic N) is 3. The van der Waals surface area contributed by atoms with Crippen LogP contribution < -0.4 is 15.4 Å². The molecule has 2 N–H and O–H groups in total. The highest BCUT2D eigenvalue weighted by Gasteiger charge is 2.19. The Labute approximate surface area is 176 Å². The van der Waals surface area contributed by atoms with Crippen molar-refractivity contribution in [2.45, 2.75) is 65.6 Å². The predicted molar refractivity (Wildman–Crippen MR) is 119 cm³/mol. The summed E-state index contributed by atoms with van der Waals surface area (Å²) < 4.78 is 11.2. The largest absolute Gasteiger partial charge is 0.478 e. The second kappa shape index (κ2) is 13.4. The maximum absolute atomic E-state index is 5.67. The van der Waals surface area contributed by atoms with Crippen LogP contribution in [0.5, 0.6) is 5.88 Å². The van der Waals surface area contributed by atoms with E-state index in [-0.39, 0.29) is 0 Å². The normalized spacial score (nSPS) is 16.2. The Bertz CT molecular complexity index is 583. The molecule has 0 aromatic carbocycles. The average molecular weight is 406 g/mol. The van der Waals surface area contributed by atoms with Gasteiger partial charge in [-0.2, -0.15) is 0 Å². The number of ether oxygens (including phenoxy) is 2. The first-order chi connectivity index (χ1) is 14.1. The SMILES string of the molecule is CCCOc1ccc(CN=C(NCC)NC2CCN(CCOC(C)C)CC2)cn1. The van der Waals surface area contributed by atoms with E-state index in [9.17, 15) is 0 Å². The Kier molecular flexibility index (Phi) is 10.8. The molecular weight excluding hydrogens is 366 g/mol. The number of hydrogen-bond donors (Lipinski definition) is 2. The summed E-state index contributed by atoms with van der Waals surface area (Å²) in [6.07, 6.45) is 5.38. The van der Waals surface area contributed by atoms with Crippen molar-refractivity contribution in [3.8, 4) is 5.88 Å². The highest BCUT2D eigenvalue weighted by Crippen LogP contribution is 2.11. The van der Waals surface area contributed by atoms with Crippen LogP contribution in [0.3, 0.4) is 0 Å². The molecule has 7 heteroatoms.